The molecule has 0 radical (unpaired) electrons. The van der Waals surface area contributed by atoms with Gasteiger partial charge in [-0.25, -0.2) is 4.98 Å². The quantitative estimate of drug-likeness (QED) is 0.921. The maximum Gasteiger partial charge on any atom is 0.0951 e. The molecule has 3 heterocycles. The van der Waals surface area contributed by atoms with Gasteiger partial charge < -0.3 is 14.8 Å². The third-order valence-electron chi connectivity index (χ3n) is 5.64. The Morgan fingerprint density at radius 2 is 1.85 bits per heavy atom. The molecule has 2 saturated heterocycles. The predicted octanol–water partition coefficient (Wildman–Crippen LogP) is 2.53. The van der Waals surface area contributed by atoms with E-state index < -0.39 is 0 Å². The first-order chi connectivity index (χ1) is 9.53. The van der Waals surface area contributed by atoms with Gasteiger partial charge in [-0.2, -0.15) is 0 Å². The van der Waals surface area contributed by atoms with Crippen LogP contribution in [0.3, 0.4) is 0 Å². The number of fused-ring (bicyclic) bond motifs is 2. The van der Waals surface area contributed by atoms with Crippen molar-refractivity contribution in [2.24, 2.45) is 0 Å². The van der Waals surface area contributed by atoms with E-state index in [4.69, 9.17) is 0 Å². The van der Waals surface area contributed by atoms with E-state index in [-0.39, 0.29) is 5.54 Å². The summed E-state index contributed by atoms with van der Waals surface area (Å²) in [6, 6.07) is 2.15. The van der Waals surface area contributed by atoms with E-state index in [2.05, 4.69) is 40.7 Å². The molecule has 0 amide bonds. The number of hydrogen-bond donors (Lipinski definition) is 1. The van der Waals surface area contributed by atoms with Gasteiger partial charge in [-0.3, -0.25) is 0 Å². The van der Waals surface area contributed by atoms with Gasteiger partial charge in [0.05, 0.1) is 23.8 Å². The molecule has 0 aliphatic carbocycles. The van der Waals surface area contributed by atoms with Crippen molar-refractivity contribution in [1.82, 2.24) is 19.8 Å². The fraction of sp³-hybridized carbons (Fsp3) is 0.812. The van der Waals surface area contributed by atoms with Crippen molar-refractivity contribution >= 4 is 0 Å². The zero-order valence-corrected chi connectivity index (χ0v) is 13.3. The molecular formula is C16H28N4. The number of piperidine rings is 2. The van der Waals surface area contributed by atoms with Gasteiger partial charge in [-0.1, -0.05) is 6.42 Å². The van der Waals surface area contributed by atoms with Crippen LogP contribution in [0.4, 0.5) is 0 Å². The molecule has 4 nitrogen and oxygen atoms in total. The topological polar surface area (TPSA) is 33.1 Å². The van der Waals surface area contributed by atoms with Gasteiger partial charge in [-0.15, -0.1) is 0 Å². The van der Waals surface area contributed by atoms with Crippen molar-refractivity contribution in [2.45, 2.75) is 69.6 Å². The van der Waals surface area contributed by atoms with Gasteiger partial charge in [0, 0.05) is 18.1 Å². The smallest absolute Gasteiger partial charge is 0.0951 e. The van der Waals surface area contributed by atoms with E-state index in [1.54, 1.807) is 0 Å². The summed E-state index contributed by atoms with van der Waals surface area (Å²) in [7, 11) is 4.35. The van der Waals surface area contributed by atoms with Gasteiger partial charge in [0.2, 0.25) is 0 Å². The van der Waals surface area contributed by atoms with Crippen LogP contribution in [0.2, 0.25) is 0 Å². The fourth-order valence-corrected chi connectivity index (χ4v) is 4.02. The Labute approximate surface area is 122 Å². The average molecular weight is 276 g/mol. The molecule has 1 N–H and O–H groups in total. The summed E-state index contributed by atoms with van der Waals surface area (Å²) < 4.78 is 2.44. The molecule has 2 bridgehead atoms. The molecule has 1 aromatic rings. The second kappa shape index (κ2) is 5.15. The highest BCUT2D eigenvalue weighted by molar-refractivity contribution is 5.13. The minimum absolute atomic E-state index is 0.0189. The lowest BCUT2D eigenvalue weighted by molar-refractivity contribution is 0.0385. The Bertz CT molecular complexity index is 451. The summed E-state index contributed by atoms with van der Waals surface area (Å²) in [5.74, 6) is 0. The number of hydrogen-bond acceptors (Lipinski definition) is 3. The zero-order valence-electron chi connectivity index (χ0n) is 13.3. The first kappa shape index (κ1) is 14.1. The first-order valence-electron chi connectivity index (χ1n) is 7.96. The summed E-state index contributed by atoms with van der Waals surface area (Å²) in [6.07, 6.45) is 10.8. The summed E-state index contributed by atoms with van der Waals surface area (Å²) in [5.41, 5.74) is 1.29. The third-order valence-corrected chi connectivity index (χ3v) is 5.64. The largest absolute Gasteiger partial charge is 0.330 e. The molecule has 2 fully saturated rings. The summed E-state index contributed by atoms with van der Waals surface area (Å²) in [6.45, 7) is 4.46. The van der Waals surface area contributed by atoms with E-state index in [1.165, 1.54) is 37.8 Å². The maximum atomic E-state index is 4.43. The third kappa shape index (κ3) is 2.29. The van der Waals surface area contributed by atoms with Crippen LogP contribution in [0.1, 0.15) is 57.7 Å². The van der Waals surface area contributed by atoms with Gasteiger partial charge in [-0.05, 0) is 53.6 Å². The number of nitrogens with zero attached hydrogens (tertiary/aromatic N) is 3. The monoisotopic (exact) mass is 276 g/mol. The van der Waals surface area contributed by atoms with Crippen molar-refractivity contribution in [2.75, 3.05) is 14.1 Å². The molecule has 0 aromatic carbocycles. The summed E-state index contributed by atoms with van der Waals surface area (Å²) in [4.78, 5) is 7.06. The lowest BCUT2D eigenvalue weighted by atomic mass is 9.82. The van der Waals surface area contributed by atoms with E-state index in [0.717, 1.165) is 12.1 Å². The Kier molecular flexibility index (Phi) is 3.63. The highest BCUT2D eigenvalue weighted by Gasteiger charge is 2.38. The molecule has 112 valence electrons. The standard InChI is InChI=1S/C16H28N4/c1-16(2,17-3)15-10-18-11-20(15)14-8-12-6-5-7-13(9-14)19(12)4/h10-14,17H,5-9H2,1-4H3. The fourth-order valence-electron chi connectivity index (χ4n) is 4.02. The average Bonchev–Trinajstić information content (AvgIpc) is 2.88. The van der Waals surface area contributed by atoms with Crippen molar-refractivity contribution in [3.8, 4) is 0 Å². The van der Waals surface area contributed by atoms with Crippen LogP contribution in [-0.2, 0) is 5.54 Å². The molecule has 2 aliphatic rings. The predicted molar refractivity (Wildman–Crippen MR) is 81.8 cm³/mol. The van der Waals surface area contributed by atoms with Crippen LogP contribution < -0.4 is 5.32 Å². The van der Waals surface area contributed by atoms with E-state index in [0.29, 0.717) is 6.04 Å². The first-order valence-corrected chi connectivity index (χ1v) is 7.96. The number of nitrogens with one attached hydrogen (secondary N) is 1. The van der Waals surface area contributed by atoms with Crippen LogP contribution in [0, 0.1) is 0 Å². The molecular weight excluding hydrogens is 248 g/mol. The molecule has 4 heteroatoms. The molecule has 20 heavy (non-hydrogen) atoms. The van der Waals surface area contributed by atoms with Crippen LogP contribution in [0.15, 0.2) is 12.5 Å². The Balaban J connectivity index is 1.86. The second-order valence-electron chi connectivity index (χ2n) is 7.09. The van der Waals surface area contributed by atoms with Gasteiger partial charge >= 0.3 is 0 Å². The highest BCUT2D eigenvalue weighted by Crippen LogP contribution is 2.39. The lowest BCUT2D eigenvalue weighted by Crippen LogP contribution is -2.50. The highest BCUT2D eigenvalue weighted by atomic mass is 15.2. The van der Waals surface area contributed by atoms with Crippen LogP contribution >= 0.6 is 0 Å². The Hall–Kier alpha value is -0.870. The van der Waals surface area contributed by atoms with E-state index in [1.807, 2.05) is 19.6 Å². The molecule has 2 atom stereocenters. The molecule has 3 rings (SSSR count). The Morgan fingerprint density at radius 3 is 2.45 bits per heavy atom. The van der Waals surface area contributed by atoms with E-state index >= 15 is 0 Å². The van der Waals surface area contributed by atoms with Crippen molar-refractivity contribution in [3.63, 3.8) is 0 Å². The maximum absolute atomic E-state index is 4.43. The SMILES string of the molecule is CNC(C)(C)c1cncn1C1CC2CCCC(C1)N2C. The zero-order chi connectivity index (χ0) is 14.3. The number of imidazole rings is 1. The number of rotatable bonds is 3. The summed E-state index contributed by atoms with van der Waals surface area (Å²) in [5, 5.41) is 3.41. The lowest BCUT2D eigenvalue weighted by Gasteiger charge is -2.48. The molecule has 0 spiro atoms. The minimum atomic E-state index is -0.0189. The van der Waals surface area contributed by atoms with Crippen LogP contribution in [0.5, 0.6) is 0 Å². The van der Waals surface area contributed by atoms with E-state index in [9.17, 15) is 0 Å². The number of aromatic nitrogens is 2. The van der Waals surface area contributed by atoms with Gasteiger partial charge in [0.25, 0.3) is 0 Å². The Morgan fingerprint density at radius 1 is 1.20 bits per heavy atom. The van der Waals surface area contributed by atoms with Gasteiger partial charge in [0.15, 0.2) is 0 Å². The molecule has 2 unspecified atom stereocenters. The minimum Gasteiger partial charge on any atom is -0.330 e. The van der Waals surface area contributed by atoms with Gasteiger partial charge in [0.1, 0.15) is 0 Å². The second-order valence-corrected chi connectivity index (χ2v) is 7.09. The van der Waals surface area contributed by atoms with Crippen LogP contribution in [0.25, 0.3) is 0 Å². The van der Waals surface area contributed by atoms with Crippen molar-refractivity contribution in [1.29, 1.82) is 0 Å². The van der Waals surface area contributed by atoms with Crippen molar-refractivity contribution in [3.05, 3.63) is 18.2 Å². The molecule has 2 aliphatic heterocycles. The normalized spacial score (nSPS) is 31.5. The van der Waals surface area contributed by atoms with Crippen molar-refractivity contribution < 1.29 is 0 Å². The summed E-state index contributed by atoms with van der Waals surface area (Å²) >= 11 is 0. The molecule has 1 aromatic heterocycles. The van der Waals surface area contributed by atoms with Crippen LogP contribution in [-0.4, -0.2) is 40.6 Å². The molecule has 0 saturated carbocycles.